The van der Waals surface area contributed by atoms with Gasteiger partial charge in [-0.2, -0.15) is 18.2 Å². The third-order valence-electron chi connectivity index (χ3n) is 6.14. The van der Waals surface area contributed by atoms with Crippen LogP contribution in [0, 0.1) is 10.8 Å². The molecule has 1 aliphatic rings. The first-order chi connectivity index (χ1) is 17.0. The molecular weight excluding hydrogens is 487 g/mol. The number of alkyl halides is 3. The molecule has 1 aromatic carbocycles. The molecule has 2 aromatic rings. The molecule has 0 saturated carbocycles. The fourth-order valence-electron chi connectivity index (χ4n) is 3.96. The lowest BCUT2D eigenvalue weighted by Crippen LogP contribution is -2.32. The number of ether oxygens (including phenoxy) is 2. The number of hydrogen-bond donors (Lipinski definition) is 2. The third kappa shape index (κ3) is 8.20. The van der Waals surface area contributed by atoms with Crippen LogP contribution in [0.2, 0.25) is 0 Å². The number of benzene rings is 1. The summed E-state index contributed by atoms with van der Waals surface area (Å²) in [6, 6.07) is 4.45. The van der Waals surface area contributed by atoms with Gasteiger partial charge in [0.05, 0.1) is 29.9 Å². The zero-order valence-corrected chi connectivity index (χ0v) is 22.4. The van der Waals surface area contributed by atoms with Crippen LogP contribution in [0.15, 0.2) is 29.3 Å². The van der Waals surface area contributed by atoms with E-state index in [-0.39, 0.29) is 29.4 Å². The molecule has 0 radical (unpaired) electrons. The lowest BCUT2D eigenvalue weighted by Gasteiger charge is -2.26. The van der Waals surface area contributed by atoms with E-state index in [1.165, 1.54) is 0 Å². The summed E-state index contributed by atoms with van der Waals surface area (Å²) in [5, 5.41) is 13.6. The summed E-state index contributed by atoms with van der Waals surface area (Å²) >= 11 is 0. The molecule has 1 saturated heterocycles. The van der Waals surface area contributed by atoms with Crippen molar-refractivity contribution < 1.29 is 32.5 Å². The Morgan fingerprint density at radius 2 is 1.92 bits per heavy atom. The number of amides is 1. The van der Waals surface area contributed by atoms with Crippen LogP contribution >= 0.6 is 0 Å². The van der Waals surface area contributed by atoms with Crippen molar-refractivity contribution >= 4 is 5.91 Å². The van der Waals surface area contributed by atoms with Gasteiger partial charge in [-0.1, -0.05) is 41.5 Å². The molecule has 0 spiro atoms. The van der Waals surface area contributed by atoms with Gasteiger partial charge in [-0.15, -0.1) is 0 Å². The minimum Gasteiger partial charge on any atom is -0.490 e. The average molecular weight is 526 g/mol. The van der Waals surface area contributed by atoms with Gasteiger partial charge in [-0.25, -0.2) is 0 Å². The van der Waals surface area contributed by atoms with Crippen LogP contribution in [-0.4, -0.2) is 46.2 Å². The van der Waals surface area contributed by atoms with Gasteiger partial charge < -0.3 is 19.7 Å². The number of carbonyl (C=O) groups excluding carboxylic acids is 1. The molecule has 1 fully saturated rings. The summed E-state index contributed by atoms with van der Waals surface area (Å²) in [5.41, 5.74) is -0.696. The van der Waals surface area contributed by atoms with E-state index < -0.39 is 29.2 Å². The second-order valence-corrected chi connectivity index (χ2v) is 11.9. The Morgan fingerprint density at radius 3 is 2.49 bits per heavy atom. The number of nitrogens with zero attached hydrogens (tertiary/aromatic N) is 2. The van der Waals surface area contributed by atoms with Crippen LogP contribution in [0.4, 0.5) is 13.2 Å². The Labute approximate surface area is 215 Å². The van der Waals surface area contributed by atoms with E-state index in [4.69, 9.17) is 9.47 Å². The normalized spacial score (nSPS) is 18.3. The molecular formula is C27H38F3N3O4. The molecule has 7 nitrogen and oxygen atoms in total. The molecule has 3 rings (SSSR count). The van der Waals surface area contributed by atoms with Gasteiger partial charge in [-0.05, 0) is 48.3 Å². The standard InChI is InChI=1S/C27H38F3N3O4/c1-25(2,3)14-18-13-23(33(32-18)15-19-8-7-11-36-19)31-24(35)20-12-17(27(28,29)30)9-10-21(20)37-16-22(34)26(4,5)6/h9-10,12-13,19,22,32,34H,7-8,11,14-16H2,1-6H3/b31-23+/t19-,22-/m1/s1. The van der Waals surface area contributed by atoms with E-state index in [2.05, 4.69) is 30.9 Å². The number of rotatable bonds is 7. The van der Waals surface area contributed by atoms with Gasteiger partial charge in [0.15, 0.2) is 5.49 Å². The monoisotopic (exact) mass is 525 g/mol. The number of nitrogens with one attached hydrogen (secondary N) is 1. The number of aliphatic hydroxyl groups is 1. The smallest absolute Gasteiger partial charge is 0.416 e. The summed E-state index contributed by atoms with van der Waals surface area (Å²) in [7, 11) is 0. The molecule has 206 valence electrons. The lowest BCUT2D eigenvalue weighted by molar-refractivity contribution is -0.137. The molecule has 2 atom stereocenters. The first-order valence-corrected chi connectivity index (χ1v) is 12.5. The van der Waals surface area contributed by atoms with Crippen LogP contribution < -0.4 is 10.2 Å². The van der Waals surface area contributed by atoms with Crippen molar-refractivity contribution in [2.45, 2.75) is 85.7 Å². The van der Waals surface area contributed by atoms with Crippen LogP contribution in [0.3, 0.4) is 0 Å². The first kappa shape index (κ1) is 29.0. The van der Waals surface area contributed by atoms with E-state index in [1.807, 2.05) is 20.8 Å². The zero-order valence-electron chi connectivity index (χ0n) is 22.4. The maximum absolute atomic E-state index is 13.5. The Hall–Kier alpha value is -2.59. The maximum Gasteiger partial charge on any atom is 0.416 e. The van der Waals surface area contributed by atoms with Crippen molar-refractivity contribution in [2.75, 3.05) is 13.2 Å². The van der Waals surface area contributed by atoms with Crippen LogP contribution in [-0.2, 0) is 23.9 Å². The van der Waals surface area contributed by atoms with E-state index in [0.717, 1.165) is 36.7 Å². The van der Waals surface area contributed by atoms with Crippen molar-refractivity contribution in [3.8, 4) is 5.75 Å². The van der Waals surface area contributed by atoms with E-state index >= 15 is 0 Å². The summed E-state index contributed by atoms with van der Waals surface area (Å²) in [6.07, 6.45) is -3.08. The lowest BCUT2D eigenvalue weighted by atomic mass is 9.90. The van der Waals surface area contributed by atoms with Crippen LogP contribution in [0.25, 0.3) is 0 Å². The Bertz CT molecular complexity index is 1150. The molecule has 2 N–H and O–H groups in total. The quantitative estimate of drug-likeness (QED) is 0.525. The number of hydrogen-bond acceptors (Lipinski definition) is 4. The second-order valence-electron chi connectivity index (χ2n) is 11.9. The molecule has 0 aliphatic carbocycles. The predicted octanol–water partition coefficient (Wildman–Crippen LogP) is 5.13. The van der Waals surface area contributed by atoms with Crippen molar-refractivity contribution in [1.29, 1.82) is 0 Å². The van der Waals surface area contributed by atoms with Gasteiger partial charge in [-0.3, -0.25) is 9.48 Å². The van der Waals surface area contributed by atoms with E-state index in [9.17, 15) is 23.1 Å². The average Bonchev–Trinajstić information content (AvgIpc) is 3.39. The van der Waals surface area contributed by atoms with Gasteiger partial charge in [0.25, 0.3) is 5.91 Å². The van der Waals surface area contributed by atoms with Gasteiger partial charge >= 0.3 is 6.18 Å². The van der Waals surface area contributed by atoms with Crippen molar-refractivity contribution in [3.05, 3.63) is 46.6 Å². The molecule has 1 amide bonds. The van der Waals surface area contributed by atoms with Crippen LogP contribution in [0.5, 0.6) is 5.75 Å². The molecule has 1 aliphatic heterocycles. The van der Waals surface area contributed by atoms with Crippen molar-refractivity contribution in [1.82, 2.24) is 9.78 Å². The highest BCUT2D eigenvalue weighted by Crippen LogP contribution is 2.33. The number of halogens is 3. The fourth-order valence-corrected chi connectivity index (χ4v) is 3.96. The highest BCUT2D eigenvalue weighted by Gasteiger charge is 2.32. The maximum atomic E-state index is 13.5. The number of aromatic nitrogens is 2. The topological polar surface area (TPSA) is 88.8 Å². The number of aromatic amines is 1. The molecule has 0 bridgehead atoms. The number of H-pyrrole nitrogens is 1. The third-order valence-corrected chi connectivity index (χ3v) is 6.14. The fraction of sp³-hybridized carbons (Fsp3) is 0.630. The molecule has 2 heterocycles. The first-order valence-electron chi connectivity index (χ1n) is 12.5. The number of carbonyl (C=O) groups is 1. The van der Waals surface area contributed by atoms with Crippen molar-refractivity contribution in [3.63, 3.8) is 0 Å². The summed E-state index contributed by atoms with van der Waals surface area (Å²) in [6.45, 7) is 12.6. The van der Waals surface area contributed by atoms with Crippen LogP contribution in [0.1, 0.15) is 76.0 Å². The zero-order chi connectivity index (χ0) is 27.6. The Morgan fingerprint density at radius 1 is 1.22 bits per heavy atom. The summed E-state index contributed by atoms with van der Waals surface area (Å²) < 4.78 is 53.5. The van der Waals surface area contributed by atoms with Gasteiger partial charge in [0.1, 0.15) is 12.4 Å². The summed E-state index contributed by atoms with van der Waals surface area (Å²) in [5.74, 6) is -0.935. The Kier molecular flexibility index (Phi) is 8.64. The largest absolute Gasteiger partial charge is 0.490 e. The van der Waals surface area contributed by atoms with Crippen molar-refractivity contribution in [2.24, 2.45) is 15.8 Å². The van der Waals surface area contributed by atoms with E-state index in [0.29, 0.717) is 25.1 Å². The van der Waals surface area contributed by atoms with Gasteiger partial charge in [0, 0.05) is 18.4 Å². The highest BCUT2D eigenvalue weighted by atomic mass is 19.4. The molecule has 0 unspecified atom stereocenters. The summed E-state index contributed by atoms with van der Waals surface area (Å²) in [4.78, 5) is 17.5. The minimum atomic E-state index is -4.65. The molecule has 10 heteroatoms. The molecule has 1 aromatic heterocycles. The van der Waals surface area contributed by atoms with E-state index in [1.54, 1.807) is 10.7 Å². The SMILES string of the molecule is CC(C)(C)Cc1c/c(=N\C(=O)c2cc(C(F)(F)F)ccc2OC[C@@H](O)C(C)(C)C)n(C[C@H]2CCCO2)[nH]1. The second kappa shape index (κ2) is 11.0. The Balaban J connectivity index is 2.01. The number of aliphatic hydroxyl groups excluding tert-OH is 1. The highest BCUT2D eigenvalue weighted by molar-refractivity contribution is 5.97. The minimum absolute atomic E-state index is 0.0379. The van der Waals surface area contributed by atoms with Gasteiger partial charge in [0.2, 0.25) is 0 Å². The molecule has 37 heavy (non-hydrogen) atoms. The predicted molar refractivity (Wildman–Crippen MR) is 133 cm³/mol.